The molecule has 5 heteroatoms. The number of ketones is 1. The van der Waals surface area contributed by atoms with E-state index in [1.54, 1.807) is 6.20 Å². The van der Waals surface area contributed by atoms with Crippen molar-refractivity contribution in [1.29, 1.82) is 0 Å². The van der Waals surface area contributed by atoms with Crippen molar-refractivity contribution in [3.8, 4) is 22.8 Å². The van der Waals surface area contributed by atoms with Crippen LogP contribution in [0.2, 0.25) is 0 Å². The van der Waals surface area contributed by atoms with Crippen LogP contribution < -0.4 is 9.47 Å². The van der Waals surface area contributed by atoms with Gasteiger partial charge in [-0.2, -0.15) is 0 Å². The minimum Gasteiger partial charge on any atom is -0.491 e. The van der Waals surface area contributed by atoms with Gasteiger partial charge < -0.3 is 9.47 Å². The number of benzene rings is 4. The van der Waals surface area contributed by atoms with Gasteiger partial charge in [-0.25, -0.2) is 4.98 Å². The van der Waals surface area contributed by atoms with Gasteiger partial charge in [-0.05, 0) is 66.9 Å². The first kappa shape index (κ1) is 27.8. The van der Waals surface area contributed by atoms with E-state index in [1.165, 1.54) is 0 Å². The van der Waals surface area contributed by atoms with Crippen molar-refractivity contribution in [2.75, 3.05) is 0 Å². The van der Waals surface area contributed by atoms with E-state index < -0.39 is 0 Å². The SMILES string of the molecule is CC(C)Oc1ccc(-c2cnc(CC(=O)Cc3ccc(OCc4ccccc4)cc3)c(Cc3ccccc3)n2)cc1. The molecule has 0 atom stereocenters. The Kier molecular flexibility index (Phi) is 9.17. The van der Waals surface area contributed by atoms with Gasteiger partial charge in [0.05, 0.1) is 35.8 Å². The topological polar surface area (TPSA) is 61.3 Å². The zero-order valence-electron chi connectivity index (χ0n) is 23.5. The maximum Gasteiger partial charge on any atom is 0.143 e. The number of ether oxygens (including phenoxy) is 2. The largest absolute Gasteiger partial charge is 0.491 e. The number of hydrogen-bond acceptors (Lipinski definition) is 5. The summed E-state index contributed by atoms with van der Waals surface area (Å²) < 4.78 is 11.7. The Morgan fingerprint density at radius 3 is 1.98 bits per heavy atom. The first-order chi connectivity index (χ1) is 20.0. The van der Waals surface area contributed by atoms with E-state index in [0.717, 1.165) is 45.1 Å². The predicted molar refractivity (Wildman–Crippen MR) is 162 cm³/mol. The van der Waals surface area contributed by atoms with Crippen LogP contribution in [0.1, 0.15) is 41.9 Å². The Morgan fingerprint density at radius 2 is 1.32 bits per heavy atom. The van der Waals surface area contributed by atoms with Crippen molar-refractivity contribution in [3.63, 3.8) is 0 Å². The van der Waals surface area contributed by atoms with Crippen molar-refractivity contribution in [2.24, 2.45) is 0 Å². The molecule has 0 aliphatic heterocycles. The van der Waals surface area contributed by atoms with Gasteiger partial charge in [-0.3, -0.25) is 9.78 Å². The van der Waals surface area contributed by atoms with Crippen LogP contribution in [-0.2, 0) is 30.7 Å². The number of rotatable bonds is 12. The summed E-state index contributed by atoms with van der Waals surface area (Å²) in [6, 6.07) is 35.8. The highest BCUT2D eigenvalue weighted by Crippen LogP contribution is 2.23. The molecule has 0 amide bonds. The first-order valence-electron chi connectivity index (χ1n) is 13.9. The highest BCUT2D eigenvalue weighted by molar-refractivity contribution is 5.83. The summed E-state index contributed by atoms with van der Waals surface area (Å²) in [7, 11) is 0. The van der Waals surface area contributed by atoms with Crippen LogP contribution in [0.25, 0.3) is 11.3 Å². The highest BCUT2D eigenvalue weighted by atomic mass is 16.5. The summed E-state index contributed by atoms with van der Waals surface area (Å²) in [6.45, 7) is 4.52. The minimum absolute atomic E-state index is 0.0921. The summed E-state index contributed by atoms with van der Waals surface area (Å²) in [4.78, 5) is 22.9. The molecular weight excluding hydrogens is 508 g/mol. The van der Waals surface area contributed by atoms with Crippen LogP contribution in [-0.4, -0.2) is 21.9 Å². The molecule has 0 N–H and O–H groups in total. The van der Waals surface area contributed by atoms with Crippen molar-refractivity contribution in [3.05, 3.63) is 143 Å². The van der Waals surface area contributed by atoms with Gasteiger partial charge in [0.15, 0.2) is 0 Å². The molecular formula is C36H34N2O3. The second kappa shape index (κ2) is 13.5. The number of nitrogens with zero attached hydrogens (tertiary/aromatic N) is 2. The Bertz CT molecular complexity index is 1550. The van der Waals surface area contributed by atoms with Crippen molar-refractivity contribution < 1.29 is 14.3 Å². The maximum absolute atomic E-state index is 13.1. The molecule has 0 bridgehead atoms. The number of hydrogen-bond donors (Lipinski definition) is 0. The molecule has 41 heavy (non-hydrogen) atoms. The average Bonchev–Trinajstić information content (AvgIpc) is 2.99. The maximum atomic E-state index is 13.1. The van der Waals surface area contributed by atoms with Crippen LogP contribution in [0.3, 0.4) is 0 Å². The minimum atomic E-state index is 0.0921. The summed E-state index contributed by atoms with van der Waals surface area (Å²) in [6.07, 6.45) is 3.02. The van der Waals surface area contributed by atoms with Gasteiger partial charge in [-0.1, -0.05) is 72.8 Å². The van der Waals surface area contributed by atoms with Crippen LogP contribution >= 0.6 is 0 Å². The third kappa shape index (κ3) is 8.12. The van der Waals surface area contributed by atoms with Crippen molar-refractivity contribution in [2.45, 2.75) is 45.8 Å². The number of aromatic nitrogens is 2. The van der Waals surface area contributed by atoms with Gasteiger partial charge in [0.1, 0.15) is 23.9 Å². The third-order valence-corrected chi connectivity index (χ3v) is 6.61. The molecule has 0 fully saturated rings. The zero-order valence-corrected chi connectivity index (χ0v) is 23.5. The lowest BCUT2D eigenvalue weighted by atomic mass is 10.0. The second-order valence-electron chi connectivity index (χ2n) is 10.3. The quantitative estimate of drug-likeness (QED) is 0.164. The van der Waals surface area contributed by atoms with E-state index in [1.807, 2.05) is 111 Å². The smallest absolute Gasteiger partial charge is 0.143 e. The zero-order chi connectivity index (χ0) is 28.4. The second-order valence-corrected chi connectivity index (χ2v) is 10.3. The van der Waals surface area contributed by atoms with Gasteiger partial charge >= 0.3 is 0 Å². The van der Waals surface area contributed by atoms with E-state index in [4.69, 9.17) is 19.4 Å². The van der Waals surface area contributed by atoms with Gasteiger partial charge in [0, 0.05) is 18.4 Å². The molecule has 4 aromatic carbocycles. The van der Waals surface area contributed by atoms with E-state index in [0.29, 0.717) is 25.1 Å². The summed E-state index contributed by atoms with van der Waals surface area (Å²) in [5.74, 6) is 1.69. The van der Waals surface area contributed by atoms with Crippen molar-refractivity contribution in [1.82, 2.24) is 9.97 Å². The predicted octanol–water partition coefficient (Wildman–Crippen LogP) is 7.45. The van der Waals surface area contributed by atoms with Crippen molar-refractivity contribution >= 4 is 5.78 Å². The Hall–Kier alpha value is -4.77. The van der Waals surface area contributed by atoms with Gasteiger partial charge in [0.25, 0.3) is 0 Å². The normalized spacial score (nSPS) is 10.9. The fourth-order valence-electron chi connectivity index (χ4n) is 4.57. The summed E-state index contributed by atoms with van der Waals surface area (Å²) in [5, 5.41) is 0. The Morgan fingerprint density at radius 1 is 0.683 bits per heavy atom. The monoisotopic (exact) mass is 542 g/mol. The van der Waals surface area contributed by atoms with Crippen LogP contribution in [0.4, 0.5) is 0 Å². The van der Waals surface area contributed by atoms with E-state index >= 15 is 0 Å². The Labute approximate surface area is 241 Å². The molecule has 0 aliphatic rings. The summed E-state index contributed by atoms with van der Waals surface area (Å²) in [5.41, 5.74) is 6.44. The van der Waals surface area contributed by atoms with Crippen LogP contribution in [0.5, 0.6) is 11.5 Å². The highest BCUT2D eigenvalue weighted by Gasteiger charge is 2.15. The molecule has 5 nitrogen and oxygen atoms in total. The molecule has 5 aromatic rings. The van der Waals surface area contributed by atoms with E-state index in [2.05, 4.69) is 12.1 Å². The lowest BCUT2D eigenvalue weighted by Gasteiger charge is -2.12. The average molecular weight is 543 g/mol. The Balaban J connectivity index is 1.28. The van der Waals surface area contributed by atoms with Gasteiger partial charge in [-0.15, -0.1) is 0 Å². The number of carbonyl (C=O) groups excluding carboxylic acids is 1. The molecule has 0 unspecified atom stereocenters. The summed E-state index contributed by atoms with van der Waals surface area (Å²) >= 11 is 0. The molecule has 0 saturated heterocycles. The van der Waals surface area contributed by atoms with E-state index in [-0.39, 0.29) is 18.3 Å². The van der Waals surface area contributed by atoms with Crippen LogP contribution in [0.15, 0.2) is 115 Å². The molecule has 1 aromatic heterocycles. The molecule has 0 spiro atoms. The lowest BCUT2D eigenvalue weighted by molar-refractivity contribution is -0.117. The van der Waals surface area contributed by atoms with Gasteiger partial charge in [0.2, 0.25) is 0 Å². The molecule has 1 heterocycles. The third-order valence-electron chi connectivity index (χ3n) is 6.61. The molecule has 0 saturated carbocycles. The lowest BCUT2D eigenvalue weighted by Crippen LogP contribution is -2.12. The standard InChI is InChI=1S/C36H34N2O3/c1-26(2)41-33-19-15-30(16-20-33)36-24-37-34(35(38-36)22-27-9-5-3-6-10-27)23-31(39)21-28-13-17-32(18-14-28)40-25-29-11-7-4-8-12-29/h3-20,24,26H,21-23,25H2,1-2H3. The van der Waals surface area contributed by atoms with Crippen LogP contribution in [0, 0.1) is 0 Å². The molecule has 5 rings (SSSR count). The van der Waals surface area contributed by atoms with E-state index in [9.17, 15) is 4.79 Å². The number of carbonyl (C=O) groups is 1. The molecule has 0 radical (unpaired) electrons. The fraction of sp³-hybridized carbons (Fsp3) is 0.194. The number of Topliss-reactive ketones (excluding diaryl/α,β-unsaturated/α-hetero) is 1. The molecule has 206 valence electrons. The first-order valence-corrected chi connectivity index (χ1v) is 13.9. The molecule has 0 aliphatic carbocycles. The fourth-order valence-corrected chi connectivity index (χ4v) is 4.57.